The third-order valence-electron chi connectivity index (χ3n) is 4.25. The monoisotopic (exact) mass is 224 g/mol. The molecule has 0 aromatic carbocycles. The maximum Gasteiger partial charge on any atom is 0.0195 e. The third-order valence-corrected chi connectivity index (χ3v) is 4.25. The van der Waals surface area contributed by atoms with Gasteiger partial charge >= 0.3 is 0 Å². The molecule has 2 heteroatoms. The molecular weight excluding hydrogens is 196 g/mol. The molecule has 1 unspecified atom stereocenters. The first-order chi connectivity index (χ1) is 7.81. The second-order valence-corrected chi connectivity index (χ2v) is 5.65. The minimum absolute atomic E-state index is 0.716. The number of hydrogen-bond donors (Lipinski definition) is 1. The Morgan fingerprint density at radius 2 is 1.81 bits per heavy atom. The molecular formula is C14H28N2. The van der Waals surface area contributed by atoms with Crippen LogP contribution in [0.25, 0.3) is 0 Å². The maximum absolute atomic E-state index is 3.67. The molecule has 94 valence electrons. The predicted octanol–water partition coefficient (Wildman–Crippen LogP) is 2.78. The highest BCUT2D eigenvalue weighted by Gasteiger charge is 2.26. The van der Waals surface area contributed by atoms with E-state index in [-0.39, 0.29) is 0 Å². The van der Waals surface area contributed by atoms with Crippen molar-refractivity contribution in [1.29, 1.82) is 0 Å². The van der Waals surface area contributed by atoms with E-state index in [1.165, 1.54) is 58.0 Å². The Morgan fingerprint density at radius 1 is 1.12 bits per heavy atom. The smallest absolute Gasteiger partial charge is 0.0195 e. The Kier molecular flexibility index (Phi) is 4.66. The predicted molar refractivity (Wildman–Crippen MR) is 69.7 cm³/mol. The van der Waals surface area contributed by atoms with Gasteiger partial charge in [-0.2, -0.15) is 0 Å². The van der Waals surface area contributed by atoms with Gasteiger partial charge in [0.25, 0.3) is 0 Å². The van der Waals surface area contributed by atoms with E-state index in [1.54, 1.807) is 0 Å². The van der Waals surface area contributed by atoms with E-state index in [9.17, 15) is 0 Å². The molecule has 0 bridgehead atoms. The van der Waals surface area contributed by atoms with E-state index in [1.807, 2.05) is 0 Å². The van der Waals surface area contributed by atoms with Gasteiger partial charge < -0.3 is 5.32 Å². The molecule has 2 aliphatic rings. The van der Waals surface area contributed by atoms with Gasteiger partial charge in [-0.3, -0.25) is 4.90 Å². The first kappa shape index (κ1) is 12.4. The summed E-state index contributed by atoms with van der Waals surface area (Å²) in [6.45, 7) is 7.13. The summed E-state index contributed by atoms with van der Waals surface area (Å²) in [5.74, 6) is 0. The molecule has 0 heterocycles. The summed E-state index contributed by atoms with van der Waals surface area (Å²) in [6, 6.07) is 2.44. The molecule has 0 radical (unpaired) electrons. The molecule has 2 nitrogen and oxygen atoms in total. The maximum atomic E-state index is 3.67. The zero-order valence-electron chi connectivity index (χ0n) is 11.0. The number of likely N-dealkylation sites (N-methyl/N-ethyl adjacent to an activating group) is 1. The van der Waals surface area contributed by atoms with E-state index >= 15 is 0 Å². The number of rotatable bonds is 6. The topological polar surface area (TPSA) is 15.3 Å². The lowest BCUT2D eigenvalue weighted by atomic mass is 9.93. The summed E-state index contributed by atoms with van der Waals surface area (Å²) in [6.07, 6.45) is 10.0. The van der Waals surface area contributed by atoms with Gasteiger partial charge in [-0.05, 0) is 39.2 Å². The lowest BCUT2D eigenvalue weighted by molar-refractivity contribution is 0.117. The molecule has 2 fully saturated rings. The summed E-state index contributed by atoms with van der Waals surface area (Å²) in [5.41, 5.74) is 0. The van der Waals surface area contributed by atoms with E-state index in [0.29, 0.717) is 6.04 Å². The van der Waals surface area contributed by atoms with Crippen LogP contribution < -0.4 is 5.32 Å². The van der Waals surface area contributed by atoms with Crippen molar-refractivity contribution in [3.8, 4) is 0 Å². The van der Waals surface area contributed by atoms with Crippen molar-refractivity contribution in [1.82, 2.24) is 10.2 Å². The van der Waals surface area contributed by atoms with Crippen LogP contribution >= 0.6 is 0 Å². The van der Waals surface area contributed by atoms with E-state index in [2.05, 4.69) is 24.1 Å². The first-order valence-electron chi connectivity index (χ1n) is 7.30. The van der Waals surface area contributed by atoms with Crippen LogP contribution in [0.3, 0.4) is 0 Å². The van der Waals surface area contributed by atoms with Gasteiger partial charge in [0.05, 0.1) is 0 Å². The molecule has 0 aromatic heterocycles. The highest BCUT2D eigenvalue weighted by molar-refractivity contribution is 4.85. The number of nitrogens with zero attached hydrogens (tertiary/aromatic N) is 1. The van der Waals surface area contributed by atoms with Crippen LogP contribution in [0.4, 0.5) is 0 Å². The summed E-state index contributed by atoms with van der Waals surface area (Å²) in [4.78, 5) is 2.73. The average Bonchev–Trinajstić information content (AvgIpc) is 3.13. The summed E-state index contributed by atoms with van der Waals surface area (Å²) in [7, 11) is 0. The van der Waals surface area contributed by atoms with Gasteiger partial charge in [-0.25, -0.2) is 0 Å². The molecule has 1 N–H and O–H groups in total. The van der Waals surface area contributed by atoms with E-state index in [4.69, 9.17) is 0 Å². The van der Waals surface area contributed by atoms with Gasteiger partial charge in [0.2, 0.25) is 0 Å². The fraction of sp³-hybridized carbons (Fsp3) is 1.00. The van der Waals surface area contributed by atoms with Gasteiger partial charge in [0.1, 0.15) is 0 Å². The minimum atomic E-state index is 0.716. The summed E-state index contributed by atoms with van der Waals surface area (Å²) >= 11 is 0. The first-order valence-corrected chi connectivity index (χ1v) is 7.30. The van der Waals surface area contributed by atoms with Gasteiger partial charge in [0, 0.05) is 24.7 Å². The normalized spacial score (nSPS) is 24.9. The van der Waals surface area contributed by atoms with E-state index in [0.717, 1.165) is 12.1 Å². The van der Waals surface area contributed by atoms with Crippen molar-refractivity contribution in [3.63, 3.8) is 0 Å². The Morgan fingerprint density at radius 3 is 2.38 bits per heavy atom. The Hall–Kier alpha value is -0.0800. The lowest BCUT2D eigenvalue weighted by Crippen LogP contribution is -2.47. The highest BCUT2D eigenvalue weighted by Crippen LogP contribution is 2.24. The van der Waals surface area contributed by atoms with Crippen molar-refractivity contribution in [2.45, 2.75) is 76.9 Å². The van der Waals surface area contributed by atoms with Crippen LogP contribution in [0.5, 0.6) is 0 Å². The third kappa shape index (κ3) is 3.46. The standard InChI is InChI=1S/C14H28N2/c1-3-16(14-7-5-4-6-8-14)12(2)11-15-13-9-10-13/h12-15H,3-11H2,1-2H3. The van der Waals surface area contributed by atoms with Crippen molar-refractivity contribution in [2.75, 3.05) is 13.1 Å². The molecule has 0 amide bonds. The molecule has 0 saturated heterocycles. The quantitative estimate of drug-likeness (QED) is 0.746. The molecule has 2 aliphatic carbocycles. The summed E-state index contributed by atoms with van der Waals surface area (Å²) < 4.78 is 0. The van der Waals surface area contributed by atoms with Crippen LogP contribution in [0.2, 0.25) is 0 Å². The largest absolute Gasteiger partial charge is 0.312 e. The molecule has 0 spiro atoms. The molecule has 2 saturated carbocycles. The van der Waals surface area contributed by atoms with Gasteiger partial charge in [-0.1, -0.05) is 26.2 Å². The Labute approximate surface area is 101 Å². The fourth-order valence-electron chi connectivity index (χ4n) is 3.08. The van der Waals surface area contributed by atoms with Crippen molar-refractivity contribution < 1.29 is 0 Å². The highest BCUT2D eigenvalue weighted by atomic mass is 15.2. The molecule has 0 aliphatic heterocycles. The van der Waals surface area contributed by atoms with Crippen LogP contribution in [0.15, 0.2) is 0 Å². The molecule has 2 rings (SSSR count). The number of hydrogen-bond acceptors (Lipinski definition) is 2. The van der Waals surface area contributed by atoms with Crippen molar-refractivity contribution in [2.24, 2.45) is 0 Å². The number of nitrogens with one attached hydrogen (secondary N) is 1. The lowest BCUT2D eigenvalue weighted by Gasteiger charge is -2.38. The Bertz CT molecular complexity index is 195. The molecule has 1 atom stereocenters. The van der Waals surface area contributed by atoms with Crippen LogP contribution in [-0.2, 0) is 0 Å². The average molecular weight is 224 g/mol. The zero-order chi connectivity index (χ0) is 11.4. The zero-order valence-corrected chi connectivity index (χ0v) is 11.0. The van der Waals surface area contributed by atoms with Crippen LogP contribution in [-0.4, -0.2) is 36.1 Å². The second kappa shape index (κ2) is 6.02. The van der Waals surface area contributed by atoms with E-state index < -0.39 is 0 Å². The minimum Gasteiger partial charge on any atom is -0.312 e. The molecule has 0 aromatic rings. The van der Waals surface area contributed by atoms with Gasteiger partial charge in [-0.15, -0.1) is 0 Å². The van der Waals surface area contributed by atoms with Crippen LogP contribution in [0, 0.1) is 0 Å². The SMILES string of the molecule is CCN(C(C)CNC1CC1)C1CCCCC1. The molecule has 16 heavy (non-hydrogen) atoms. The fourth-order valence-corrected chi connectivity index (χ4v) is 3.08. The van der Waals surface area contributed by atoms with Crippen LogP contribution in [0.1, 0.15) is 58.8 Å². The van der Waals surface area contributed by atoms with Crippen molar-refractivity contribution >= 4 is 0 Å². The Balaban J connectivity index is 1.76. The second-order valence-electron chi connectivity index (χ2n) is 5.65. The van der Waals surface area contributed by atoms with Crippen molar-refractivity contribution in [3.05, 3.63) is 0 Å². The van der Waals surface area contributed by atoms with Gasteiger partial charge in [0.15, 0.2) is 0 Å². The summed E-state index contributed by atoms with van der Waals surface area (Å²) in [5, 5.41) is 3.67.